The highest BCUT2D eigenvalue weighted by molar-refractivity contribution is 6.09. The number of nitrogens with zero attached hydrogens (tertiary/aromatic N) is 2. The SMILES string of the molecule is CCN(C(=O)CN1C(=O)N[C@](C)(c2ccccc2)C1=O)C1=CCCCC1. The molecule has 1 fully saturated rings. The average Bonchev–Trinajstić information content (AvgIpc) is 2.88. The van der Waals surface area contributed by atoms with Crippen molar-refractivity contribution in [3.63, 3.8) is 0 Å². The van der Waals surface area contributed by atoms with Gasteiger partial charge in [-0.25, -0.2) is 4.79 Å². The van der Waals surface area contributed by atoms with Gasteiger partial charge in [0.1, 0.15) is 12.1 Å². The van der Waals surface area contributed by atoms with Gasteiger partial charge in [0.15, 0.2) is 0 Å². The van der Waals surface area contributed by atoms with Crippen LogP contribution in [0, 0.1) is 0 Å². The van der Waals surface area contributed by atoms with Crippen molar-refractivity contribution >= 4 is 17.8 Å². The molecule has 1 atom stereocenters. The number of carbonyl (C=O) groups excluding carboxylic acids is 3. The third-order valence-electron chi connectivity index (χ3n) is 5.15. The van der Waals surface area contributed by atoms with Crippen LogP contribution >= 0.6 is 0 Å². The van der Waals surface area contributed by atoms with Gasteiger partial charge >= 0.3 is 6.03 Å². The number of urea groups is 1. The monoisotopic (exact) mass is 355 g/mol. The first-order valence-electron chi connectivity index (χ1n) is 9.16. The highest BCUT2D eigenvalue weighted by Crippen LogP contribution is 2.29. The predicted octanol–water partition coefficient (Wildman–Crippen LogP) is 2.76. The summed E-state index contributed by atoms with van der Waals surface area (Å²) in [7, 11) is 0. The van der Waals surface area contributed by atoms with E-state index in [4.69, 9.17) is 0 Å². The van der Waals surface area contributed by atoms with Crippen LogP contribution in [0.15, 0.2) is 42.1 Å². The molecule has 1 heterocycles. The van der Waals surface area contributed by atoms with Gasteiger partial charge in [0.05, 0.1) is 0 Å². The van der Waals surface area contributed by atoms with Gasteiger partial charge < -0.3 is 10.2 Å². The Kier molecular flexibility index (Phi) is 5.11. The van der Waals surface area contributed by atoms with Gasteiger partial charge in [-0.1, -0.05) is 36.4 Å². The number of carbonyl (C=O) groups is 3. The number of likely N-dealkylation sites (N-methyl/N-ethyl adjacent to an activating group) is 1. The van der Waals surface area contributed by atoms with Crippen molar-refractivity contribution in [2.45, 2.75) is 45.1 Å². The first-order chi connectivity index (χ1) is 12.5. The second-order valence-electron chi connectivity index (χ2n) is 6.89. The van der Waals surface area contributed by atoms with Crippen LogP contribution in [0.4, 0.5) is 4.79 Å². The van der Waals surface area contributed by atoms with Crippen LogP contribution < -0.4 is 5.32 Å². The van der Waals surface area contributed by atoms with Crippen LogP contribution in [-0.2, 0) is 15.1 Å². The average molecular weight is 355 g/mol. The van der Waals surface area contributed by atoms with Crippen molar-refractivity contribution in [1.29, 1.82) is 0 Å². The van der Waals surface area contributed by atoms with E-state index in [2.05, 4.69) is 11.4 Å². The number of amides is 4. The summed E-state index contributed by atoms with van der Waals surface area (Å²) in [4.78, 5) is 40.8. The lowest BCUT2D eigenvalue weighted by molar-refractivity contribution is -0.138. The van der Waals surface area contributed by atoms with Crippen molar-refractivity contribution in [2.24, 2.45) is 0 Å². The van der Waals surface area contributed by atoms with E-state index in [1.54, 1.807) is 24.0 Å². The summed E-state index contributed by atoms with van der Waals surface area (Å²) in [6.45, 7) is 3.88. The Bertz CT molecular complexity index is 744. The molecule has 2 aliphatic rings. The Hall–Kier alpha value is -2.63. The fraction of sp³-hybridized carbons (Fsp3) is 0.450. The molecule has 1 saturated heterocycles. The predicted molar refractivity (Wildman–Crippen MR) is 98.0 cm³/mol. The van der Waals surface area contributed by atoms with Gasteiger partial charge in [-0.3, -0.25) is 14.5 Å². The Morgan fingerprint density at radius 1 is 1.23 bits per heavy atom. The number of rotatable bonds is 5. The summed E-state index contributed by atoms with van der Waals surface area (Å²) in [6.07, 6.45) is 6.11. The smallest absolute Gasteiger partial charge is 0.319 e. The van der Waals surface area contributed by atoms with Crippen molar-refractivity contribution < 1.29 is 14.4 Å². The summed E-state index contributed by atoms with van der Waals surface area (Å²) in [6, 6.07) is 8.57. The van der Waals surface area contributed by atoms with E-state index >= 15 is 0 Å². The normalized spacial score (nSPS) is 22.8. The summed E-state index contributed by atoms with van der Waals surface area (Å²) in [5, 5.41) is 2.74. The molecule has 0 radical (unpaired) electrons. The number of hydrogen-bond acceptors (Lipinski definition) is 3. The second-order valence-corrected chi connectivity index (χ2v) is 6.89. The third kappa shape index (κ3) is 3.23. The fourth-order valence-electron chi connectivity index (χ4n) is 3.63. The van der Waals surface area contributed by atoms with Crippen LogP contribution in [0.5, 0.6) is 0 Å². The van der Waals surface area contributed by atoms with Crippen molar-refractivity contribution in [1.82, 2.24) is 15.1 Å². The zero-order valence-electron chi connectivity index (χ0n) is 15.3. The van der Waals surface area contributed by atoms with Gasteiger partial charge in [-0.15, -0.1) is 0 Å². The molecule has 1 N–H and O–H groups in total. The summed E-state index contributed by atoms with van der Waals surface area (Å²) < 4.78 is 0. The molecule has 1 aromatic carbocycles. The maximum atomic E-state index is 12.9. The van der Waals surface area contributed by atoms with E-state index < -0.39 is 17.5 Å². The molecule has 0 saturated carbocycles. The standard InChI is InChI=1S/C20H25N3O3/c1-3-22(16-12-8-5-9-13-16)17(24)14-23-18(25)20(2,21-19(23)26)15-10-6-4-7-11-15/h4,6-7,10-12H,3,5,8-9,13-14H2,1-2H3,(H,21,26)/t20-/m1/s1. The van der Waals surface area contributed by atoms with Crippen LogP contribution in [0.1, 0.15) is 45.1 Å². The van der Waals surface area contributed by atoms with E-state index in [0.29, 0.717) is 12.1 Å². The van der Waals surface area contributed by atoms with Gasteiger partial charge in [-0.2, -0.15) is 0 Å². The van der Waals surface area contributed by atoms with Gasteiger partial charge in [0, 0.05) is 12.2 Å². The Morgan fingerprint density at radius 3 is 2.58 bits per heavy atom. The maximum absolute atomic E-state index is 12.9. The molecule has 6 nitrogen and oxygen atoms in total. The summed E-state index contributed by atoms with van der Waals surface area (Å²) >= 11 is 0. The lowest BCUT2D eigenvalue weighted by atomic mass is 9.92. The lowest BCUT2D eigenvalue weighted by Gasteiger charge is -2.28. The second kappa shape index (κ2) is 7.32. The zero-order valence-corrected chi connectivity index (χ0v) is 15.3. The minimum Gasteiger partial charge on any atom is -0.319 e. The summed E-state index contributed by atoms with van der Waals surface area (Å²) in [5.74, 6) is -0.614. The molecule has 6 heteroatoms. The van der Waals surface area contributed by atoms with E-state index in [1.165, 1.54) is 0 Å². The number of allylic oxidation sites excluding steroid dienone is 2. The minimum absolute atomic E-state index is 0.221. The maximum Gasteiger partial charge on any atom is 0.325 e. The van der Waals surface area contributed by atoms with Gasteiger partial charge in [-0.05, 0) is 45.1 Å². The molecule has 1 aliphatic heterocycles. The molecule has 1 aromatic rings. The number of benzene rings is 1. The van der Waals surface area contributed by atoms with Crippen molar-refractivity contribution in [3.05, 3.63) is 47.7 Å². The Morgan fingerprint density at radius 2 is 1.96 bits per heavy atom. The molecule has 3 rings (SSSR count). The van der Waals surface area contributed by atoms with Crippen molar-refractivity contribution in [2.75, 3.05) is 13.1 Å². The van der Waals surface area contributed by atoms with Crippen LogP contribution in [-0.4, -0.2) is 40.7 Å². The number of hydrogen-bond donors (Lipinski definition) is 1. The van der Waals surface area contributed by atoms with E-state index in [0.717, 1.165) is 36.3 Å². The fourth-order valence-corrected chi connectivity index (χ4v) is 3.63. The first kappa shape index (κ1) is 18.2. The molecule has 0 spiro atoms. The molecule has 26 heavy (non-hydrogen) atoms. The van der Waals surface area contributed by atoms with Crippen LogP contribution in [0.25, 0.3) is 0 Å². The molecular weight excluding hydrogens is 330 g/mol. The molecule has 0 unspecified atom stereocenters. The van der Waals surface area contributed by atoms with Gasteiger partial charge in [0.25, 0.3) is 5.91 Å². The van der Waals surface area contributed by atoms with E-state index in [1.807, 2.05) is 25.1 Å². The molecule has 0 aromatic heterocycles. The molecule has 138 valence electrons. The zero-order chi connectivity index (χ0) is 18.7. The highest BCUT2D eigenvalue weighted by atomic mass is 16.2. The minimum atomic E-state index is -1.14. The third-order valence-corrected chi connectivity index (χ3v) is 5.15. The summed E-state index contributed by atoms with van der Waals surface area (Å²) in [5.41, 5.74) is 0.567. The quantitative estimate of drug-likeness (QED) is 0.826. The Labute approximate surface area is 153 Å². The Balaban J connectivity index is 1.77. The molecule has 1 aliphatic carbocycles. The first-order valence-corrected chi connectivity index (χ1v) is 9.16. The molecular formula is C20H25N3O3. The number of nitrogens with one attached hydrogen (secondary N) is 1. The number of imide groups is 1. The topological polar surface area (TPSA) is 69.7 Å². The van der Waals surface area contributed by atoms with E-state index in [9.17, 15) is 14.4 Å². The van der Waals surface area contributed by atoms with E-state index in [-0.39, 0.29) is 12.5 Å². The van der Waals surface area contributed by atoms with Crippen molar-refractivity contribution in [3.8, 4) is 0 Å². The lowest BCUT2D eigenvalue weighted by Crippen LogP contribution is -2.44. The molecule has 0 bridgehead atoms. The van der Waals surface area contributed by atoms with Crippen LogP contribution in [0.2, 0.25) is 0 Å². The van der Waals surface area contributed by atoms with Gasteiger partial charge in [0.2, 0.25) is 5.91 Å². The molecule has 4 amide bonds. The highest BCUT2D eigenvalue weighted by Gasteiger charge is 2.49. The van der Waals surface area contributed by atoms with Crippen LogP contribution in [0.3, 0.4) is 0 Å². The largest absolute Gasteiger partial charge is 0.325 e.